The van der Waals surface area contributed by atoms with E-state index in [2.05, 4.69) is 0 Å². The van der Waals surface area contributed by atoms with Crippen molar-refractivity contribution in [2.45, 2.75) is 19.8 Å². The Hall–Kier alpha value is -1.75. The molecule has 0 radical (unpaired) electrons. The van der Waals surface area contributed by atoms with E-state index >= 15 is 0 Å². The number of rotatable bonds is 9. The van der Waals surface area contributed by atoms with Crippen LogP contribution in [-0.4, -0.2) is 32.4 Å². The molecule has 0 spiro atoms. The number of esters is 1. The van der Waals surface area contributed by atoms with E-state index in [4.69, 9.17) is 19.9 Å². The zero-order chi connectivity index (χ0) is 13.9. The molecule has 5 nitrogen and oxygen atoms in total. The summed E-state index contributed by atoms with van der Waals surface area (Å²) in [5, 5.41) is 0. The first-order valence-corrected chi connectivity index (χ1v) is 6.44. The second-order valence-corrected chi connectivity index (χ2v) is 3.94. The molecule has 0 heterocycles. The van der Waals surface area contributed by atoms with E-state index in [-0.39, 0.29) is 5.97 Å². The zero-order valence-corrected chi connectivity index (χ0v) is 11.3. The number of nitrogens with two attached hydrogens (primary N) is 1. The number of benzene rings is 1. The molecule has 5 heteroatoms. The lowest BCUT2D eigenvalue weighted by atomic mass is 10.3. The summed E-state index contributed by atoms with van der Waals surface area (Å²) in [6.45, 7) is 3.72. The lowest BCUT2D eigenvalue weighted by molar-refractivity contribution is -0.143. The summed E-state index contributed by atoms with van der Waals surface area (Å²) in [7, 11) is 0. The van der Waals surface area contributed by atoms with E-state index in [0.29, 0.717) is 45.0 Å². The van der Waals surface area contributed by atoms with Crippen molar-refractivity contribution in [3.8, 4) is 5.75 Å². The van der Waals surface area contributed by atoms with Gasteiger partial charge in [0.15, 0.2) is 0 Å². The predicted octanol–water partition coefficient (Wildman–Crippen LogP) is 2.01. The van der Waals surface area contributed by atoms with Gasteiger partial charge in [-0.05, 0) is 37.6 Å². The fourth-order valence-electron chi connectivity index (χ4n) is 1.44. The van der Waals surface area contributed by atoms with Crippen LogP contribution >= 0.6 is 0 Å². The number of hydrogen-bond acceptors (Lipinski definition) is 5. The molecule has 0 atom stereocenters. The molecular formula is C14H21NO4. The van der Waals surface area contributed by atoms with Crippen LogP contribution in [-0.2, 0) is 14.3 Å². The Bertz CT molecular complexity index is 364. The van der Waals surface area contributed by atoms with E-state index < -0.39 is 0 Å². The average molecular weight is 267 g/mol. The van der Waals surface area contributed by atoms with Crippen molar-refractivity contribution in [1.29, 1.82) is 0 Å². The van der Waals surface area contributed by atoms with E-state index in [1.54, 1.807) is 19.1 Å². The molecule has 0 aromatic heterocycles. The number of hydrogen-bond donors (Lipinski definition) is 1. The van der Waals surface area contributed by atoms with Crippen LogP contribution in [0.25, 0.3) is 0 Å². The third-order valence-electron chi connectivity index (χ3n) is 2.35. The van der Waals surface area contributed by atoms with Gasteiger partial charge in [-0.1, -0.05) is 0 Å². The van der Waals surface area contributed by atoms with Crippen LogP contribution in [0, 0.1) is 0 Å². The quantitative estimate of drug-likeness (QED) is 0.421. The highest BCUT2D eigenvalue weighted by molar-refractivity contribution is 5.69. The molecule has 0 amide bonds. The maximum atomic E-state index is 11.0. The van der Waals surface area contributed by atoms with Crippen molar-refractivity contribution >= 4 is 11.7 Å². The van der Waals surface area contributed by atoms with E-state index in [1.807, 2.05) is 12.1 Å². The van der Waals surface area contributed by atoms with Gasteiger partial charge in [-0.2, -0.15) is 0 Å². The molecule has 0 aliphatic rings. The van der Waals surface area contributed by atoms with Gasteiger partial charge < -0.3 is 19.9 Å². The molecule has 0 fully saturated rings. The number of nitrogen functional groups attached to an aromatic ring is 1. The fraction of sp³-hybridized carbons (Fsp3) is 0.500. The molecule has 0 saturated carbocycles. The minimum Gasteiger partial charge on any atom is -0.491 e. The lowest BCUT2D eigenvalue weighted by Gasteiger charge is -2.07. The van der Waals surface area contributed by atoms with E-state index in [0.717, 1.165) is 5.75 Å². The minimum absolute atomic E-state index is 0.177. The number of ether oxygens (including phenoxy) is 3. The van der Waals surface area contributed by atoms with Gasteiger partial charge in [-0.3, -0.25) is 4.79 Å². The second kappa shape index (κ2) is 9.22. The molecule has 0 unspecified atom stereocenters. The monoisotopic (exact) mass is 267 g/mol. The molecule has 0 saturated heterocycles. The molecule has 1 aromatic rings. The van der Waals surface area contributed by atoms with Crippen LogP contribution in [0.3, 0.4) is 0 Å². The SMILES string of the molecule is CCOC(=O)CCCOCCOc1ccc(N)cc1. The van der Waals surface area contributed by atoms with Gasteiger partial charge in [-0.25, -0.2) is 0 Å². The van der Waals surface area contributed by atoms with Gasteiger partial charge in [0.25, 0.3) is 0 Å². The fourth-order valence-corrected chi connectivity index (χ4v) is 1.44. The second-order valence-electron chi connectivity index (χ2n) is 3.94. The Morgan fingerprint density at radius 2 is 1.89 bits per heavy atom. The molecule has 0 aliphatic heterocycles. The van der Waals surface area contributed by atoms with Crippen molar-refractivity contribution in [2.75, 3.05) is 32.2 Å². The molecule has 0 aliphatic carbocycles. The average Bonchev–Trinajstić information content (AvgIpc) is 2.40. The smallest absolute Gasteiger partial charge is 0.305 e. The predicted molar refractivity (Wildman–Crippen MR) is 73.0 cm³/mol. The van der Waals surface area contributed by atoms with Crippen LogP contribution < -0.4 is 10.5 Å². The molecule has 19 heavy (non-hydrogen) atoms. The normalized spacial score (nSPS) is 10.2. The summed E-state index contributed by atoms with van der Waals surface area (Å²) in [5.74, 6) is 0.591. The van der Waals surface area contributed by atoms with Gasteiger partial charge in [-0.15, -0.1) is 0 Å². The Balaban J connectivity index is 1.96. The highest BCUT2D eigenvalue weighted by Gasteiger charge is 2.00. The van der Waals surface area contributed by atoms with Crippen molar-refractivity contribution in [3.63, 3.8) is 0 Å². The van der Waals surface area contributed by atoms with Crippen LogP contribution in [0.2, 0.25) is 0 Å². The van der Waals surface area contributed by atoms with E-state index in [1.165, 1.54) is 0 Å². The third-order valence-corrected chi connectivity index (χ3v) is 2.35. The first-order valence-electron chi connectivity index (χ1n) is 6.44. The largest absolute Gasteiger partial charge is 0.491 e. The van der Waals surface area contributed by atoms with Gasteiger partial charge in [0, 0.05) is 18.7 Å². The van der Waals surface area contributed by atoms with Gasteiger partial charge >= 0.3 is 5.97 Å². The van der Waals surface area contributed by atoms with Crippen LogP contribution in [0.5, 0.6) is 5.75 Å². The van der Waals surface area contributed by atoms with Crippen molar-refractivity contribution in [1.82, 2.24) is 0 Å². The van der Waals surface area contributed by atoms with Crippen molar-refractivity contribution < 1.29 is 19.0 Å². The molecule has 106 valence electrons. The Kier molecular flexibility index (Phi) is 7.43. The first kappa shape index (κ1) is 15.3. The summed E-state index contributed by atoms with van der Waals surface area (Å²) >= 11 is 0. The van der Waals surface area contributed by atoms with Crippen LogP contribution in [0.1, 0.15) is 19.8 Å². The first-order chi connectivity index (χ1) is 9.22. The third kappa shape index (κ3) is 7.31. The number of anilines is 1. The summed E-state index contributed by atoms with van der Waals surface area (Å²) in [6.07, 6.45) is 1.06. The lowest BCUT2D eigenvalue weighted by Crippen LogP contribution is -2.09. The highest BCUT2D eigenvalue weighted by atomic mass is 16.5. The van der Waals surface area contributed by atoms with Crippen LogP contribution in [0.15, 0.2) is 24.3 Å². The molecular weight excluding hydrogens is 246 g/mol. The van der Waals surface area contributed by atoms with Gasteiger partial charge in [0.1, 0.15) is 12.4 Å². The summed E-state index contributed by atoms with van der Waals surface area (Å²) in [5.41, 5.74) is 6.27. The summed E-state index contributed by atoms with van der Waals surface area (Å²) in [4.78, 5) is 11.0. The minimum atomic E-state index is -0.177. The summed E-state index contributed by atoms with van der Waals surface area (Å²) < 4.78 is 15.6. The maximum Gasteiger partial charge on any atom is 0.305 e. The molecule has 0 bridgehead atoms. The van der Waals surface area contributed by atoms with Crippen molar-refractivity contribution in [2.24, 2.45) is 0 Å². The van der Waals surface area contributed by atoms with Gasteiger partial charge in [0.05, 0.1) is 13.2 Å². The Morgan fingerprint density at radius 1 is 1.16 bits per heavy atom. The Labute approximate surface area is 113 Å². The van der Waals surface area contributed by atoms with Crippen molar-refractivity contribution in [3.05, 3.63) is 24.3 Å². The zero-order valence-electron chi connectivity index (χ0n) is 11.3. The van der Waals surface area contributed by atoms with E-state index in [9.17, 15) is 4.79 Å². The van der Waals surface area contributed by atoms with Crippen LogP contribution in [0.4, 0.5) is 5.69 Å². The number of carbonyl (C=O) groups is 1. The molecule has 2 N–H and O–H groups in total. The van der Waals surface area contributed by atoms with Gasteiger partial charge in [0.2, 0.25) is 0 Å². The number of carbonyl (C=O) groups excluding carboxylic acids is 1. The molecule has 1 aromatic carbocycles. The standard InChI is InChI=1S/C14H21NO4/c1-2-18-14(16)4-3-9-17-10-11-19-13-7-5-12(15)6-8-13/h5-8H,2-4,9-11,15H2,1H3. The summed E-state index contributed by atoms with van der Waals surface area (Å²) in [6, 6.07) is 7.21. The maximum absolute atomic E-state index is 11.0. The topological polar surface area (TPSA) is 70.8 Å². The molecule has 1 rings (SSSR count). The highest BCUT2D eigenvalue weighted by Crippen LogP contribution is 2.12. The Morgan fingerprint density at radius 3 is 2.58 bits per heavy atom.